The fourth-order valence-corrected chi connectivity index (χ4v) is 4.95. The van der Waals surface area contributed by atoms with Crippen molar-refractivity contribution in [1.29, 1.82) is 0 Å². The number of alkyl halides is 2. The third kappa shape index (κ3) is 5.70. The second-order valence-electron chi connectivity index (χ2n) is 10.1. The second-order valence-corrected chi connectivity index (χ2v) is 10.1. The normalized spacial score (nSPS) is 20.1. The summed E-state index contributed by atoms with van der Waals surface area (Å²) in [5.74, 6) is -2.70. The molecule has 0 bridgehead atoms. The molecule has 2 aliphatic rings. The molecular formula is C29H27F3N6O. The number of nitrogens with zero attached hydrogens (tertiary/aromatic N) is 5. The predicted octanol–water partition coefficient (Wildman–Crippen LogP) is 4.99. The SMILES string of the molecule is O=C(c1cc(CN[C@@H]2C[C@H]2c2ccc(F)cc2)nc(-c2ccc(-n3cccn3)cc2)n1)N1CCC(F)(F)CC1. The number of amides is 1. The monoisotopic (exact) mass is 532 g/mol. The summed E-state index contributed by atoms with van der Waals surface area (Å²) in [6, 6.07) is 17.7. The minimum Gasteiger partial charge on any atom is -0.337 e. The van der Waals surface area contributed by atoms with Crippen molar-refractivity contribution < 1.29 is 18.0 Å². The van der Waals surface area contributed by atoms with E-state index in [0.29, 0.717) is 18.1 Å². The molecule has 10 heteroatoms. The fourth-order valence-electron chi connectivity index (χ4n) is 4.95. The molecule has 2 fully saturated rings. The van der Waals surface area contributed by atoms with Gasteiger partial charge in [-0.3, -0.25) is 4.79 Å². The first-order valence-electron chi connectivity index (χ1n) is 13.0. The van der Waals surface area contributed by atoms with Crippen LogP contribution in [-0.4, -0.2) is 55.6 Å². The number of benzene rings is 2. The Hall–Kier alpha value is -4.05. The Bertz CT molecular complexity index is 1450. The number of hydrogen-bond donors (Lipinski definition) is 1. The Morgan fingerprint density at radius 2 is 1.77 bits per heavy atom. The van der Waals surface area contributed by atoms with E-state index in [1.54, 1.807) is 29.1 Å². The molecule has 1 aliphatic carbocycles. The number of likely N-dealkylation sites (tertiary alicyclic amines) is 1. The quantitative estimate of drug-likeness (QED) is 0.363. The summed E-state index contributed by atoms with van der Waals surface area (Å²) in [6.45, 7) is 0.374. The van der Waals surface area contributed by atoms with E-state index in [0.717, 1.165) is 23.2 Å². The zero-order valence-electron chi connectivity index (χ0n) is 21.1. The van der Waals surface area contributed by atoms with Crippen LogP contribution in [0.2, 0.25) is 0 Å². The van der Waals surface area contributed by atoms with E-state index in [1.807, 2.05) is 36.5 Å². The number of rotatable bonds is 7. The van der Waals surface area contributed by atoms with Gasteiger partial charge in [-0.05, 0) is 60.5 Å². The number of piperidine rings is 1. The fraction of sp³-hybridized carbons (Fsp3) is 0.310. The molecule has 39 heavy (non-hydrogen) atoms. The van der Waals surface area contributed by atoms with Gasteiger partial charge in [0.1, 0.15) is 11.5 Å². The van der Waals surface area contributed by atoms with Gasteiger partial charge in [0.25, 0.3) is 11.8 Å². The van der Waals surface area contributed by atoms with Crippen molar-refractivity contribution >= 4 is 5.91 Å². The largest absolute Gasteiger partial charge is 0.337 e. The van der Waals surface area contributed by atoms with Crippen LogP contribution >= 0.6 is 0 Å². The van der Waals surface area contributed by atoms with Crippen molar-refractivity contribution in [2.45, 2.75) is 43.7 Å². The van der Waals surface area contributed by atoms with Gasteiger partial charge in [0.15, 0.2) is 5.82 Å². The van der Waals surface area contributed by atoms with Gasteiger partial charge in [0.2, 0.25) is 0 Å². The highest BCUT2D eigenvalue weighted by Gasteiger charge is 2.38. The van der Waals surface area contributed by atoms with Crippen LogP contribution in [0.1, 0.15) is 46.9 Å². The zero-order valence-corrected chi connectivity index (χ0v) is 21.1. The van der Waals surface area contributed by atoms with Crippen LogP contribution in [0.3, 0.4) is 0 Å². The molecule has 2 aromatic heterocycles. The Labute approximate surface area is 223 Å². The van der Waals surface area contributed by atoms with Crippen molar-refractivity contribution in [2.75, 3.05) is 13.1 Å². The third-order valence-electron chi connectivity index (χ3n) is 7.31. The molecule has 7 nitrogen and oxygen atoms in total. The highest BCUT2D eigenvalue weighted by molar-refractivity contribution is 5.93. The van der Waals surface area contributed by atoms with Gasteiger partial charge in [-0.2, -0.15) is 5.10 Å². The van der Waals surface area contributed by atoms with Gasteiger partial charge >= 0.3 is 0 Å². The van der Waals surface area contributed by atoms with Crippen LogP contribution in [0.15, 0.2) is 73.1 Å². The first-order valence-corrected chi connectivity index (χ1v) is 13.0. The molecule has 1 saturated heterocycles. The number of carbonyl (C=O) groups excluding carboxylic acids is 1. The first kappa shape index (κ1) is 25.2. The molecule has 0 unspecified atom stereocenters. The minimum atomic E-state index is -2.75. The van der Waals surface area contributed by atoms with Crippen molar-refractivity contribution in [1.82, 2.24) is 30.0 Å². The molecule has 1 saturated carbocycles. The first-order chi connectivity index (χ1) is 18.8. The van der Waals surface area contributed by atoms with Crippen molar-refractivity contribution in [2.24, 2.45) is 0 Å². The lowest BCUT2D eigenvalue weighted by atomic mass is 10.1. The van der Waals surface area contributed by atoms with E-state index in [4.69, 9.17) is 4.98 Å². The van der Waals surface area contributed by atoms with Gasteiger partial charge in [0.05, 0.1) is 11.4 Å². The molecule has 1 amide bonds. The number of carbonyl (C=O) groups is 1. The summed E-state index contributed by atoms with van der Waals surface area (Å²) < 4.78 is 42.4. The van der Waals surface area contributed by atoms with E-state index in [1.165, 1.54) is 17.0 Å². The highest BCUT2D eigenvalue weighted by atomic mass is 19.3. The zero-order chi connectivity index (χ0) is 27.0. The van der Waals surface area contributed by atoms with Crippen LogP contribution in [0.5, 0.6) is 0 Å². The van der Waals surface area contributed by atoms with Gasteiger partial charge in [-0.1, -0.05) is 12.1 Å². The molecule has 3 heterocycles. The molecule has 200 valence electrons. The summed E-state index contributed by atoms with van der Waals surface area (Å²) in [5.41, 5.74) is 3.48. The maximum absolute atomic E-state index is 13.7. The molecule has 4 aromatic rings. The van der Waals surface area contributed by atoms with Crippen molar-refractivity contribution in [3.05, 3.63) is 95.8 Å². The van der Waals surface area contributed by atoms with E-state index < -0.39 is 5.92 Å². The maximum atomic E-state index is 13.7. The Balaban J connectivity index is 1.23. The van der Waals surface area contributed by atoms with Crippen LogP contribution in [0.4, 0.5) is 13.2 Å². The molecule has 0 radical (unpaired) electrons. The lowest BCUT2D eigenvalue weighted by Gasteiger charge is -2.31. The molecule has 2 atom stereocenters. The second kappa shape index (κ2) is 10.3. The average molecular weight is 533 g/mol. The van der Waals surface area contributed by atoms with Crippen molar-refractivity contribution in [3.63, 3.8) is 0 Å². The summed E-state index contributed by atoms with van der Waals surface area (Å²) in [7, 11) is 0. The molecule has 6 rings (SSSR count). The lowest BCUT2D eigenvalue weighted by molar-refractivity contribution is -0.0495. The summed E-state index contributed by atoms with van der Waals surface area (Å²) in [4.78, 5) is 24.0. The smallest absolute Gasteiger partial charge is 0.272 e. The van der Waals surface area contributed by atoms with Gasteiger partial charge in [0, 0.05) is 62.4 Å². The molecular weight excluding hydrogens is 505 g/mol. The Morgan fingerprint density at radius 3 is 2.46 bits per heavy atom. The summed E-state index contributed by atoms with van der Waals surface area (Å²) in [5, 5.41) is 7.72. The maximum Gasteiger partial charge on any atom is 0.272 e. The van der Waals surface area contributed by atoms with E-state index in [2.05, 4.69) is 15.4 Å². The lowest BCUT2D eigenvalue weighted by Crippen LogP contribution is -2.43. The van der Waals surface area contributed by atoms with Crippen LogP contribution in [0.25, 0.3) is 17.1 Å². The van der Waals surface area contributed by atoms with Crippen LogP contribution < -0.4 is 5.32 Å². The highest BCUT2D eigenvalue weighted by Crippen LogP contribution is 2.41. The van der Waals surface area contributed by atoms with E-state index in [9.17, 15) is 18.0 Å². The van der Waals surface area contributed by atoms with Gasteiger partial charge in [-0.25, -0.2) is 27.8 Å². The van der Waals surface area contributed by atoms with E-state index in [-0.39, 0.29) is 55.3 Å². The number of hydrogen-bond acceptors (Lipinski definition) is 5. The standard InChI is InChI=1S/C29H27F3N6O/c30-21-6-2-19(3-7-21)24-17-25(24)33-18-22-16-26(28(39)37-14-10-29(31,32)11-15-37)36-27(35-22)20-4-8-23(9-5-20)38-13-1-12-34-38/h1-9,12-13,16,24-25,33H,10-11,14-15,17-18H2/t24-,25+/m0/s1. The van der Waals surface area contributed by atoms with Gasteiger partial charge < -0.3 is 10.2 Å². The Morgan fingerprint density at radius 1 is 1.03 bits per heavy atom. The third-order valence-corrected chi connectivity index (χ3v) is 7.31. The number of nitrogens with one attached hydrogen (secondary N) is 1. The van der Waals surface area contributed by atoms with Crippen LogP contribution in [0, 0.1) is 5.82 Å². The molecule has 2 aromatic carbocycles. The molecule has 1 aliphatic heterocycles. The predicted molar refractivity (Wildman–Crippen MR) is 139 cm³/mol. The summed E-state index contributed by atoms with van der Waals surface area (Å²) in [6.07, 6.45) is 3.75. The molecule has 0 spiro atoms. The topological polar surface area (TPSA) is 75.9 Å². The number of aromatic nitrogens is 4. The minimum absolute atomic E-state index is 0.0151. The van der Waals surface area contributed by atoms with E-state index >= 15 is 0 Å². The number of halogens is 3. The Kier molecular flexibility index (Phi) is 6.64. The average Bonchev–Trinajstić information content (AvgIpc) is 3.51. The molecule has 1 N–H and O–H groups in total. The van der Waals surface area contributed by atoms with Crippen LogP contribution in [-0.2, 0) is 6.54 Å². The van der Waals surface area contributed by atoms with Gasteiger partial charge in [-0.15, -0.1) is 0 Å². The van der Waals surface area contributed by atoms with Crippen molar-refractivity contribution in [3.8, 4) is 17.1 Å². The summed E-state index contributed by atoms with van der Waals surface area (Å²) >= 11 is 0.